The Bertz CT molecular complexity index is 341. The summed E-state index contributed by atoms with van der Waals surface area (Å²) in [5.74, 6) is 1.03. The minimum Gasteiger partial charge on any atom is -0.377 e. The SMILES string of the molecule is COC1(C)CCN(c2ccc(Br)cn2)C1. The van der Waals surface area contributed by atoms with Gasteiger partial charge < -0.3 is 9.64 Å². The van der Waals surface area contributed by atoms with Crippen LogP contribution in [0, 0.1) is 0 Å². The number of nitrogens with zero attached hydrogens (tertiary/aromatic N) is 2. The van der Waals surface area contributed by atoms with Crippen molar-refractivity contribution in [3.63, 3.8) is 0 Å². The van der Waals surface area contributed by atoms with Gasteiger partial charge in [-0.15, -0.1) is 0 Å². The first-order valence-electron chi connectivity index (χ1n) is 5.05. The summed E-state index contributed by atoms with van der Waals surface area (Å²) in [5, 5.41) is 0. The van der Waals surface area contributed by atoms with E-state index in [0.717, 1.165) is 29.8 Å². The third-order valence-electron chi connectivity index (χ3n) is 2.96. The fourth-order valence-corrected chi connectivity index (χ4v) is 2.09. The maximum absolute atomic E-state index is 5.50. The number of pyridine rings is 1. The molecule has 0 aromatic carbocycles. The summed E-state index contributed by atoms with van der Waals surface area (Å²) >= 11 is 3.38. The molecule has 15 heavy (non-hydrogen) atoms. The van der Waals surface area contributed by atoms with E-state index in [2.05, 4.69) is 32.7 Å². The zero-order chi connectivity index (χ0) is 10.9. The van der Waals surface area contributed by atoms with Crippen molar-refractivity contribution in [3.8, 4) is 0 Å². The van der Waals surface area contributed by atoms with Gasteiger partial charge in [-0.05, 0) is 41.4 Å². The molecule has 0 radical (unpaired) electrons. The molecule has 1 atom stereocenters. The number of anilines is 1. The van der Waals surface area contributed by atoms with Crippen molar-refractivity contribution in [1.29, 1.82) is 0 Å². The van der Waals surface area contributed by atoms with E-state index in [1.807, 2.05) is 18.3 Å². The Balaban J connectivity index is 2.11. The molecule has 3 nitrogen and oxygen atoms in total. The maximum Gasteiger partial charge on any atom is 0.128 e. The highest BCUT2D eigenvalue weighted by atomic mass is 79.9. The second-order valence-electron chi connectivity index (χ2n) is 4.16. The summed E-state index contributed by atoms with van der Waals surface area (Å²) in [6.07, 6.45) is 2.89. The maximum atomic E-state index is 5.50. The molecule has 0 spiro atoms. The van der Waals surface area contributed by atoms with Crippen molar-refractivity contribution in [1.82, 2.24) is 4.98 Å². The van der Waals surface area contributed by atoms with E-state index >= 15 is 0 Å². The lowest BCUT2D eigenvalue weighted by molar-refractivity contribution is 0.0256. The van der Waals surface area contributed by atoms with Crippen LogP contribution in [0.1, 0.15) is 13.3 Å². The lowest BCUT2D eigenvalue weighted by Gasteiger charge is -2.23. The Morgan fingerprint density at radius 1 is 1.53 bits per heavy atom. The highest BCUT2D eigenvalue weighted by Crippen LogP contribution is 2.27. The van der Waals surface area contributed by atoms with Crippen molar-refractivity contribution in [2.24, 2.45) is 0 Å². The molecule has 0 amide bonds. The summed E-state index contributed by atoms with van der Waals surface area (Å²) in [4.78, 5) is 6.64. The van der Waals surface area contributed by atoms with Gasteiger partial charge in [0.15, 0.2) is 0 Å². The minimum atomic E-state index is -0.0191. The van der Waals surface area contributed by atoms with Crippen molar-refractivity contribution < 1.29 is 4.74 Å². The molecule has 1 unspecified atom stereocenters. The van der Waals surface area contributed by atoms with E-state index in [1.165, 1.54) is 0 Å². The van der Waals surface area contributed by atoms with E-state index in [4.69, 9.17) is 4.74 Å². The lowest BCUT2D eigenvalue weighted by atomic mass is 10.1. The quantitative estimate of drug-likeness (QED) is 0.826. The Hall–Kier alpha value is -0.610. The molecule has 0 bridgehead atoms. The molecular formula is C11H15BrN2O. The first kappa shape index (κ1) is 10.9. The van der Waals surface area contributed by atoms with E-state index in [-0.39, 0.29) is 5.60 Å². The Morgan fingerprint density at radius 3 is 2.87 bits per heavy atom. The standard InChI is InChI=1S/C11H15BrN2O/c1-11(15-2)5-6-14(8-11)10-4-3-9(12)7-13-10/h3-4,7H,5-6,8H2,1-2H3. The second kappa shape index (κ2) is 4.10. The number of hydrogen-bond donors (Lipinski definition) is 0. The van der Waals surface area contributed by atoms with Crippen LogP contribution >= 0.6 is 15.9 Å². The molecule has 1 aliphatic heterocycles. The van der Waals surface area contributed by atoms with Crippen LogP contribution in [0.5, 0.6) is 0 Å². The van der Waals surface area contributed by atoms with Crippen LogP contribution in [0.15, 0.2) is 22.8 Å². The zero-order valence-electron chi connectivity index (χ0n) is 9.03. The number of halogens is 1. The van der Waals surface area contributed by atoms with Gasteiger partial charge in [0.2, 0.25) is 0 Å². The van der Waals surface area contributed by atoms with Crippen molar-refractivity contribution in [3.05, 3.63) is 22.8 Å². The van der Waals surface area contributed by atoms with Crippen molar-refractivity contribution in [2.45, 2.75) is 18.9 Å². The first-order chi connectivity index (χ1) is 7.13. The van der Waals surface area contributed by atoms with Crippen LogP contribution in [0.4, 0.5) is 5.82 Å². The number of methoxy groups -OCH3 is 1. The summed E-state index contributed by atoms with van der Waals surface area (Å²) in [6, 6.07) is 4.05. The fraction of sp³-hybridized carbons (Fsp3) is 0.545. The number of hydrogen-bond acceptors (Lipinski definition) is 3. The fourth-order valence-electron chi connectivity index (χ4n) is 1.85. The monoisotopic (exact) mass is 270 g/mol. The molecule has 2 heterocycles. The van der Waals surface area contributed by atoms with Gasteiger partial charge in [0, 0.05) is 30.9 Å². The molecule has 0 saturated carbocycles. The van der Waals surface area contributed by atoms with Crippen LogP contribution in [-0.2, 0) is 4.74 Å². The Morgan fingerprint density at radius 2 is 2.33 bits per heavy atom. The molecule has 1 saturated heterocycles. The predicted octanol–water partition coefficient (Wildman–Crippen LogP) is 2.46. The van der Waals surface area contributed by atoms with Crippen molar-refractivity contribution in [2.75, 3.05) is 25.1 Å². The van der Waals surface area contributed by atoms with Crippen molar-refractivity contribution >= 4 is 21.7 Å². The number of aromatic nitrogens is 1. The Labute approximate surface area is 98.6 Å². The molecule has 2 rings (SSSR count). The zero-order valence-corrected chi connectivity index (χ0v) is 10.6. The molecule has 1 aromatic heterocycles. The van der Waals surface area contributed by atoms with Gasteiger partial charge in [0.1, 0.15) is 5.82 Å². The molecule has 1 aromatic rings. The summed E-state index contributed by atoms with van der Waals surface area (Å²) in [7, 11) is 1.78. The van der Waals surface area contributed by atoms with Crippen LogP contribution in [0.3, 0.4) is 0 Å². The molecule has 1 aliphatic rings. The molecule has 0 aliphatic carbocycles. The van der Waals surface area contributed by atoms with Crippen LogP contribution in [0.2, 0.25) is 0 Å². The summed E-state index contributed by atoms with van der Waals surface area (Å²) in [6.45, 7) is 4.07. The summed E-state index contributed by atoms with van der Waals surface area (Å²) < 4.78 is 6.51. The van der Waals surface area contributed by atoms with Gasteiger partial charge in [-0.2, -0.15) is 0 Å². The van der Waals surface area contributed by atoms with E-state index in [1.54, 1.807) is 7.11 Å². The van der Waals surface area contributed by atoms with Crippen LogP contribution in [-0.4, -0.2) is 30.8 Å². The smallest absolute Gasteiger partial charge is 0.128 e. The van der Waals surface area contributed by atoms with Gasteiger partial charge in [-0.3, -0.25) is 0 Å². The lowest BCUT2D eigenvalue weighted by Crippen LogP contribution is -2.32. The molecule has 82 valence electrons. The average molecular weight is 271 g/mol. The number of ether oxygens (including phenoxy) is 1. The Kier molecular flexibility index (Phi) is 2.98. The highest BCUT2D eigenvalue weighted by Gasteiger charge is 2.34. The molecule has 0 N–H and O–H groups in total. The molecule has 1 fully saturated rings. The topological polar surface area (TPSA) is 25.4 Å². The highest BCUT2D eigenvalue weighted by molar-refractivity contribution is 9.10. The third kappa shape index (κ3) is 2.32. The largest absolute Gasteiger partial charge is 0.377 e. The van der Waals surface area contributed by atoms with Gasteiger partial charge in [0.05, 0.1) is 5.60 Å². The number of rotatable bonds is 2. The van der Waals surface area contributed by atoms with Crippen LogP contribution < -0.4 is 4.90 Å². The normalized spacial score (nSPS) is 25.9. The van der Waals surface area contributed by atoms with E-state index in [9.17, 15) is 0 Å². The predicted molar refractivity (Wildman–Crippen MR) is 64.2 cm³/mol. The first-order valence-corrected chi connectivity index (χ1v) is 5.84. The summed E-state index contributed by atoms with van der Waals surface area (Å²) in [5.41, 5.74) is -0.0191. The van der Waals surface area contributed by atoms with Gasteiger partial charge in [-0.25, -0.2) is 4.98 Å². The molecule has 4 heteroatoms. The van der Waals surface area contributed by atoms with E-state index in [0.29, 0.717) is 0 Å². The second-order valence-corrected chi connectivity index (χ2v) is 5.08. The van der Waals surface area contributed by atoms with E-state index < -0.39 is 0 Å². The third-order valence-corrected chi connectivity index (χ3v) is 3.43. The van der Waals surface area contributed by atoms with Gasteiger partial charge in [-0.1, -0.05) is 0 Å². The van der Waals surface area contributed by atoms with Gasteiger partial charge >= 0.3 is 0 Å². The molecular weight excluding hydrogens is 256 g/mol. The van der Waals surface area contributed by atoms with Gasteiger partial charge in [0.25, 0.3) is 0 Å². The van der Waals surface area contributed by atoms with Crippen LogP contribution in [0.25, 0.3) is 0 Å². The average Bonchev–Trinajstić information content (AvgIpc) is 2.63. The minimum absolute atomic E-state index is 0.0191.